The molecule has 0 heterocycles. The van der Waals surface area contributed by atoms with E-state index in [-0.39, 0.29) is 0 Å². The van der Waals surface area contributed by atoms with Crippen molar-refractivity contribution in [1.82, 2.24) is 5.32 Å². The third-order valence-electron chi connectivity index (χ3n) is 2.38. The average Bonchev–Trinajstić information content (AvgIpc) is 2.16. The Morgan fingerprint density at radius 1 is 1.38 bits per heavy atom. The van der Waals surface area contributed by atoms with Gasteiger partial charge in [0.25, 0.3) is 0 Å². The summed E-state index contributed by atoms with van der Waals surface area (Å²) in [5.41, 5.74) is 2.59. The van der Waals surface area contributed by atoms with Gasteiger partial charge in [-0.2, -0.15) is 0 Å². The van der Waals surface area contributed by atoms with Crippen LogP contribution in [0.4, 0.5) is 0 Å². The van der Waals surface area contributed by atoms with Gasteiger partial charge in [-0.05, 0) is 44.2 Å². The monoisotopic (exact) mass is 179 g/mol. The van der Waals surface area contributed by atoms with Gasteiger partial charge >= 0.3 is 0 Å². The van der Waals surface area contributed by atoms with Crippen LogP contribution in [-0.4, -0.2) is 14.2 Å². The molecule has 0 unspecified atom stereocenters. The van der Waals surface area contributed by atoms with Crippen molar-refractivity contribution in [2.24, 2.45) is 0 Å². The molecule has 0 amide bonds. The lowest BCUT2D eigenvalue weighted by Gasteiger charge is -2.14. The van der Waals surface area contributed by atoms with Crippen molar-refractivity contribution in [2.75, 3.05) is 14.2 Å². The summed E-state index contributed by atoms with van der Waals surface area (Å²) in [6, 6.07) is 6.56. The third kappa shape index (κ3) is 2.22. The Morgan fingerprint density at radius 2 is 2.08 bits per heavy atom. The Morgan fingerprint density at radius 3 is 2.54 bits per heavy atom. The molecule has 13 heavy (non-hydrogen) atoms. The Bertz CT molecular complexity index is 283. The molecule has 0 aromatic heterocycles. The zero-order chi connectivity index (χ0) is 9.84. The molecular weight excluding hydrogens is 162 g/mol. The molecule has 1 rings (SSSR count). The van der Waals surface area contributed by atoms with Crippen molar-refractivity contribution < 1.29 is 4.74 Å². The van der Waals surface area contributed by atoms with Gasteiger partial charge in [-0.1, -0.05) is 6.07 Å². The van der Waals surface area contributed by atoms with E-state index in [0.29, 0.717) is 6.04 Å². The molecule has 1 atom stereocenters. The van der Waals surface area contributed by atoms with Crippen LogP contribution in [0, 0.1) is 6.92 Å². The summed E-state index contributed by atoms with van der Waals surface area (Å²) in [5.74, 6) is 0.921. The quantitative estimate of drug-likeness (QED) is 0.768. The van der Waals surface area contributed by atoms with Gasteiger partial charge in [-0.15, -0.1) is 0 Å². The van der Waals surface area contributed by atoms with Gasteiger partial charge in [0, 0.05) is 6.04 Å². The maximum absolute atomic E-state index is 5.14. The van der Waals surface area contributed by atoms with Crippen LogP contribution < -0.4 is 10.1 Å². The zero-order valence-electron chi connectivity index (χ0n) is 8.72. The first-order chi connectivity index (χ1) is 6.19. The fraction of sp³-hybridized carbons (Fsp3) is 0.455. The van der Waals surface area contributed by atoms with Gasteiger partial charge in [-0.3, -0.25) is 0 Å². The van der Waals surface area contributed by atoms with Crippen molar-refractivity contribution in [3.8, 4) is 5.75 Å². The minimum absolute atomic E-state index is 0.394. The molecule has 2 nitrogen and oxygen atoms in total. The van der Waals surface area contributed by atoms with Gasteiger partial charge in [0.2, 0.25) is 0 Å². The highest BCUT2D eigenvalue weighted by atomic mass is 16.5. The predicted molar refractivity (Wildman–Crippen MR) is 55.2 cm³/mol. The third-order valence-corrected chi connectivity index (χ3v) is 2.38. The summed E-state index contributed by atoms with van der Waals surface area (Å²) in [7, 11) is 3.66. The molecule has 0 aliphatic rings. The smallest absolute Gasteiger partial charge is 0.119 e. The second kappa shape index (κ2) is 4.28. The highest BCUT2D eigenvalue weighted by Crippen LogP contribution is 2.21. The maximum atomic E-state index is 5.14. The first-order valence-corrected chi connectivity index (χ1v) is 4.51. The Balaban J connectivity index is 2.98. The SMILES string of the molecule is CN[C@@H](C)c1ccc(OC)cc1C. The summed E-state index contributed by atoms with van der Waals surface area (Å²) in [5, 5.41) is 3.22. The molecule has 0 aliphatic heterocycles. The highest BCUT2D eigenvalue weighted by Gasteiger charge is 2.05. The lowest BCUT2D eigenvalue weighted by Crippen LogP contribution is -2.13. The van der Waals surface area contributed by atoms with E-state index in [2.05, 4.69) is 31.3 Å². The summed E-state index contributed by atoms with van der Waals surface area (Å²) in [4.78, 5) is 0. The Hall–Kier alpha value is -1.02. The topological polar surface area (TPSA) is 21.3 Å². The highest BCUT2D eigenvalue weighted by molar-refractivity contribution is 5.36. The van der Waals surface area contributed by atoms with E-state index in [1.807, 2.05) is 13.1 Å². The van der Waals surface area contributed by atoms with Crippen LogP contribution >= 0.6 is 0 Å². The number of benzene rings is 1. The van der Waals surface area contributed by atoms with Gasteiger partial charge in [0.1, 0.15) is 5.75 Å². The first kappa shape index (κ1) is 10.1. The van der Waals surface area contributed by atoms with E-state index in [1.165, 1.54) is 11.1 Å². The standard InChI is InChI=1S/C11H17NO/c1-8-7-10(13-4)5-6-11(8)9(2)12-3/h5-7,9,12H,1-4H3/t9-/m0/s1. The Kier molecular flexibility index (Phi) is 3.32. The number of nitrogens with one attached hydrogen (secondary N) is 1. The Labute approximate surface area is 79.9 Å². The van der Waals surface area contributed by atoms with Crippen LogP contribution in [0.2, 0.25) is 0 Å². The van der Waals surface area contributed by atoms with Crippen LogP contribution in [0.25, 0.3) is 0 Å². The van der Waals surface area contributed by atoms with E-state index in [1.54, 1.807) is 7.11 Å². The molecule has 0 aliphatic carbocycles. The lowest BCUT2D eigenvalue weighted by atomic mass is 10.0. The lowest BCUT2D eigenvalue weighted by molar-refractivity contribution is 0.414. The van der Waals surface area contributed by atoms with Crippen molar-refractivity contribution in [2.45, 2.75) is 19.9 Å². The molecule has 1 N–H and O–H groups in total. The molecule has 0 fully saturated rings. The van der Waals surface area contributed by atoms with Crippen LogP contribution in [0.3, 0.4) is 0 Å². The van der Waals surface area contributed by atoms with E-state index in [9.17, 15) is 0 Å². The second-order valence-electron chi connectivity index (χ2n) is 3.23. The van der Waals surface area contributed by atoms with E-state index >= 15 is 0 Å². The minimum Gasteiger partial charge on any atom is -0.497 e. The molecule has 0 spiro atoms. The molecule has 0 radical (unpaired) electrons. The van der Waals surface area contributed by atoms with Gasteiger partial charge in [-0.25, -0.2) is 0 Å². The number of hydrogen-bond donors (Lipinski definition) is 1. The van der Waals surface area contributed by atoms with Crippen LogP contribution in [0.1, 0.15) is 24.1 Å². The molecule has 1 aromatic carbocycles. The number of aryl methyl sites for hydroxylation is 1. The minimum atomic E-state index is 0.394. The molecule has 0 saturated heterocycles. The molecule has 2 heteroatoms. The molecule has 0 bridgehead atoms. The fourth-order valence-electron chi connectivity index (χ4n) is 1.42. The predicted octanol–water partition coefficient (Wildman–Crippen LogP) is 2.28. The normalized spacial score (nSPS) is 12.6. The summed E-state index contributed by atoms with van der Waals surface area (Å²) >= 11 is 0. The van der Waals surface area contributed by atoms with Crippen molar-refractivity contribution >= 4 is 0 Å². The average molecular weight is 179 g/mol. The van der Waals surface area contributed by atoms with Gasteiger partial charge < -0.3 is 10.1 Å². The summed E-state index contributed by atoms with van der Waals surface area (Å²) in [6.45, 7) is 4.25. The van der Waals surface area contributed by atoms with Gasteiger partial charge in [0.05, 0.1) is 7.11 Å². The van der Waals surface area contributed by atoms with Crippen LogP contribution in [0.15, 0.2) is 18.2 Å². The number of hydrogen-bond acceptors (Lipinski definition) is 2. The zero-order valence-corrected chi connectivity index (χ0v) is 8.72. The summed E-state index contributed by atoms with van der Waals surface area (Å²) in [6.07, 6.45) is 0. The molecule has 1 aromatic rings. The number of methoxy groups -OCH3 is 1. The number of rotatable bonds is 3. The summed E-state index contributed by atoms with van der Waals surface area (Å²) < 4.78 is 5.14. The van der Waals surface area contributed by atoms with Crippen molar-refractivity contribution in [1.29, 1.82) is 0 Å². The second-order valence-corrected chi connectivity index (χ2v) is 3.23. The van der Waals surface area contributed by atoms with E-state index in [4.69, 9.17) is 4.74 Å². The van der Waals surface area contributed by atoms with E-state index < -0.39 is 0 Å². The van der Waals surface area contributed by atoms with Crippen LogP contribution in [-0.2, 0) is 0 Å². The number of ether oxygens (including phenoxy) is 1. The van der Waals surface area contributed by atoms with Gasteiger partial charge in [0.15, 0.2) is 0 Å². The molecule has 0 saturated carbocycles. The maximum Gasteiger partial charge on any atom is 0.119 e. The van der Waals surface area contributed by atoms with E-state index in [0.717, 1.165) is 5.75 Å². The largest absolute Gasteiger partial charge is 0.497 e. The molecular formula is C11H17NO. The molecule has 72 valence electrons. The van der Waals surface area contributed by atoms with Crippen LogP contribution in [0.5, 0.6) is 5.75 Å². The van der Waals surface area contributed by atoms with Crippen molar-refractivity contribution in [3.05, 3.63) is 29.3 Å². The van der Waals surface area contributed by atoms with Crippen molar-refractivity contribution in [3.63, 3.8) is 0 Å². The fourth-order valence-corrected chi connectivity index (χ4v) is 1.42. The first-order valence-electron chi connectivity index (χ1n) is 4.51.